The van der Waals surface area contributed by atoms with Gasteiger partial charge in [0.15, 0.2) is 0 Å². The Bertz CT molecular complexity index is 420. The Morgan fingerprint density at radius 1 is 1.50 bits per heavy atom. The van der Waals surface area contributed by atoms with Gasteiger partial charge in [-0.15, -0.1) is 6.42 Å². The number of rotatable bonds is 6. The van der Waals surface area contributed by atoms with E-state index in [2.05, 4.69) is 46.9 Å². The topological polar surface area (TPSA) is 41.1 Å². The fourth-order valence-electron chi connectivity index (χ4n) is 1.74. The molecule has 1 aromatic heterocycles. The van der Waals surface area contributed by atoms with Gasteiger partial charge in [0, 0.05) is 19.0 Å². The van der Waals surface area contributed by atoms with Crippen LogP contribution in [-0.2, 0) is 6.54 Å². The zero-order valence-corrected chi connectivity index (χ0v) is 11.7. The van der Waals surface area contributed by atoms with E-state index in [1.54, 1.807) is 0 Å². The number of hydrogen-bond acceptors (Lipinski definition) is 4. The highest BCUT2D eigenvalue weighted by molar-refractivity contribution is 5.50. The molecule has 0 aliphatic carbocycles. The van der Waals surface area contributed by atoms with Crippen molar-refractivity contribution in [1.29, 1.82) is 0 Å². The maximum atomic E-state index is 5.40. The lowest BCUT2D eigenvalue weighted by molar-refractivity contribution is 0.719. The molecule has 0 saturated heterocycles. The van der Waals surface area contributed by atoms with Crippen LogP contribution in [-0.4, -0.2) is 30.1 Å². The molecule has 4 heteroatoms. The molecule has 0 fully saturated rings. The Kier molecular flexibility index (Phi) is 5.60. The minimum atomic E-state index is 0.331. The third kappa shape index (κ3) is 3.44. The smallest absolute Gasteiger partial charge is 0.131 e. The van der Waals surface area contributed by atoms with Crippen LogP contribution in [0.3, 0.4) is 0 Å². The SMILES string of the molecule is C#CCN(CC)c1cnc(C(C)C)nc1CNC. The molecule has 0 spiro atoms. The third-order valence-corrected chi connectivity index (χ3v) is 2.73. The van der Waals surface area contributed by atoms with Crippen LogP contribution >= 0.6 is 0 Å². The summed E-state index contributed by atoms with van der Waals surface area (Å²) in [5, 5.41) is 3.14. The molecule has 1 heterocycles. The predicted molar refractivity (Wildman–Crippen MR) is 75.6 cm³/mol. The van der Waals surface area contributed by atoms with Gasteiger partial charge in [0.25, 0.3) is 0 Å². The van der Waals surface area contributed by atoms with Gasteiger partial charge in [-0.25, -0.2) is 9.97 Å². The Balaban J connectivity index is 3.13. The number of nitrogens with zero attached hydrogens (tertiary/aromatic N) is 3. The Hall–Kier alpha value is -1.60. The minimum absolute atomic E-state index is 0.331. The fourth-order valence-corrected chi connectivity index (χ4v) is 1.74. The van der Waals surface area contributed by atoms with Crippen LogP contribution < -0.4 is 10.2 Å². The highest BCUT2D eigenvalue weighted by Gasteiger charge is 2.13. The van der Waals surface area contributed by atoms with Gasteiger partial charge in [0.05, 0.1) is 24.1 Å². The largest absolute Gasteiger partial charge is 0.358 e. The molecule has 0 aliphatic rings. The molecule has 1 N–H and O–H groups in total. The molecule has 4 nitrogen and oxygen atoms in total. The number of aromatic nitrogens is 2. The van der Waals surface area contributed by atoms with Crippen molar-refractivity contribution in [3.8, 4) is 12.3 Å². The van der Waals surface area contributed by atoms with Gasteiger partial charge in [0.2, 0.25) is 0 Å². The lowest BCUT2D eigenvalue weighted by Gasteiger charge is -2.23. The summed E-state index contributed by atoms with van der Waals surface area (Å²) in [4.78, 5) is 11.2. The normalized spacial score (nSPS) is 10.4. The van der Waals surface area contributed by atoms with Crippen molar-refractivity contribution < 1.29 is 0 Å². The fraction of sp³-hybridized carbons (Fsp3) is 0.571. The van der Waals surface area contributed by atoms with Crippen LogP contribution in [0.4, 0.5) is 5.69 Å². The highest BCUT2D eigenvalue weighted by Crippen LogP contribution is 2.20. The number of anilines is 1. The van der Waals surface area contributed by atoms with Gasteiger partial charge >= 0.3 is 0 Å². The van der Waals surface area contributed by atoms with E-state index < -0.39 is 0 Å². The average Bonchev–Trinajstić information content (AvgIpc) is 2.36. The van der Waals surface area contributed by atoms with E-state index in [4.69, 9.17) is 6.42 Å². The number of nitrogens with one attached hydrogen (secondary N) is 1. The van der Waals surface area contributed by atoms with E-state index in [-0.39, 0.29) is 0 Å². The molecule has 0 amide bonds. The van der Waals surface area contributed by atoms with E-state index in [1.807, 2.05) is 13.2 Å². The van der Waals surface area contributed by atoms with Crippen LogP contribution in [0.5, 0.6) is 0 Å². The first-order valence-corrected chi connectivity index (χ1v) is 6.32. The molecular weight excluding hydrogens is 224 g/mol. The molecule has 0 aromatic carbocycles. The quantitative estimate of drug-likeness (QED) is 0.777. The Morgan fingerprint density at radius 3 is 2.72 bits per heavy atom. The predicted octanol–water partition coefficient (Wildman–Crippen LogP) is 1.78. The second-order valence-corrected chi connectivity index (χ2v) is 4.46. The standard InChI is InChI=1S/C14H22N4/c1-6-8-18(7-2)13-10-16-14(11(3)4)17-12(13)9-15-5/h1,10-11,15H,7-9H2,2-5H3. The summed E-state index contributed by atoms with van der Waals surface area (Å²) in [6.07, 6.45) is 7.28. The van der Waals surface area contributed by atoms with Crippen LogP contribution in [0.25, 0.3) is 0 Å². The van der Waals surface area contributed by atoms with E-state index in [0.717, 1.165) is 30.3 Å². The molecule has 1 rings (SSSR count). The van der Waals surface area contributed by atoms with Crippen molar-refractivity contribution in [2.45, 2.75) is 33.2 Å². The monoisotopic (exact) mass is 246 g/mol. The second kappa shape index (κ2) is 6.97. The molecular formula is C14H22N4. The van der Waals surface area contributed by atoms with Crippen LogP contribution in [0.15, 0.2) is 6.20 Å². The summed E-state index contributed by atoms with van der Waals surface area (Å²) >= 11 is 0. The van der Waals surface area contributed by atoms with E-state index in [0.29, 0.717) is 12.5 Å². The summed E-state index contributed by atoms with van der Waals surface area (Å²) in [5.41, 5.74) is 2.03. The zero-order chi connectivity index (χ0) is 13.5. The lowest BCUT2D eigenvalue weighted by Crippen LogP contribution is -2.26. The van der Waals surface area contributed by atoms with Gasteiger partial charge in [0.1, 0.15) is 5.82 Å². The van der Waals surface area contributed by atoms with Crippen LogP contribution in [0.2, 0.25) is 0 Å². The van der Waals surface area contributed by atoms with Gasteiger partial charge < -0.3 is 10.2 Å². The van der Waals surface area contributed by atoms with Gasteiger partial charge in [-0.05, 0) is 14.0 Å². The molecule has 0 atom stereocenters. The van der Waals surface area contributed by atoms with E-state index in [9.17, 15) is 0 Å². The maximum Gasteiger partial charge on any atom is 0.131 e. The first kappa shape index (κ1) is 14.5. The zero-order valence-electron chi connectivity index (χ0n) is 11.7. The maximum absolute atomic E-state index is 5.40. The summed E-state index contributed by atoms with van der Waals surface area (Å²) < 4.78 is 0. The molecule has 0 unspecified atom stereocenters. The molecule has 1 aromatic rings. The first-order valence-electron chi connectivity index (χ1n) is 6.32. The van der Waals surface area contributed by atoms with Gasteiger partial charge in [-0.2, -0.15) is 0 Å². The minimum Gasteiger partial charge on any atom is -0.358 e. The summed E-state index contributed by atoms with van der Waals surface area (Å²) in [6.45, 7) is 8.42. The summed E-state index contributed by atoms with van der Waals surface area (Å²) in [7, 11) is 1.92. The first-order chi connectivity index (χ1) is 8.63. The molecule has 0 radical (unpaired) electrons. The third-order valence-electron chi connectivity index (χ3n) is 2.73. The van der Waals surface area contributed by atoms with Gasteiger partial charge in [-0.1, -0.05) is 19.8 Å². The van der Waals surface area contributed by atoms with Crippen molar-refractivity contribution >= 4 is 5.69 Å². The van der Waals surface area contributed by atoms with Crippen LogP contribution in [0.1, 0.15) is 38.2 Å². The highest BCUT2D eigenvalue weighted by atomic mass is 15.1. The van der Waals surface area contributed by atoms with Crippen molar-refractivity contribution in [2.75, 3.05) is 25.0 Å². The molecule has 0 aliphatic heterocycles. The number of hydrogen-bond donors (Lipinski definition) is 1. The summed E-state index contributed by atoms with van der Waals surface area (Å²) in [6, 6.07) is 0. The second-order valence-electron chi connectivity index (χ2n) is 4.46. The van der Waals surface area contributed by atoms with Crippen LogP contribution in [0, 0.1) is 12.3 Å². The Morgan fingerprint density at radius 2 is 2.22 bits per heavy atom. The van der Waals surface area contributed by atoms with Gasteiger partial charge in [-0.3, -0.25) is 0 Å². The molecule has 98 valence electrons. The lowest BCUT2D eigenvalue weighted by atomic mass is 10.2. The van der Waals surface area contributed by atoms with E-state index in [1.165, 1.54) is 0 Å². The average molecular weight is 246 g/mol. The number of terminal acetylenes is 1. The molecule has 0 bridgehead atoms. The summed E-state index contributed by atoms with van der Waals surface area (Å²) in [5.74, 6) is 3.88. The molecule has 0 saturated carbocycles. The van der Waals surface area contributed by atoms with Crippen molar-refractivity contribution in [3.05, 3.63) is 17.7 Å². The van der Waals surface area contributed by atoms with E-state index >= 15 is 0 Å². The van der Waals surface area contributed by atoms with Crippen molar-refractivity contribution in [2.24, 2.45) is 0 Å². The van der Waals surface area contributed by atoms with Crippen molar-refractivity contribution in [3.63, 3.8) is 0 Å². The Labute approximate surface area is 110 Å². The molecule has 18 heavy (non-hydrogen) atoms. The van der Waals surface area contributed by atoms with Crippen molar-refractivity contribution in [1.82, 2.24) is 15.3 Å².